The second kappa shape index (κ2) is 6.98. The van der Waals surface area contributed by atoms with Crippen molar-refractivity contribution in [1.82, 2.24) is 9.80 Å². The molecule has 0 aromatic carbocycles. The molecule has 1 atom stereocenters. The van der Waals surface area contributed by atoms with E-state index >= 15 is 0 Å². The third kappa shape index (κ3) is 5.83. The van der Waals surface area contributed by atoms with Gasteiger partial charge >= 0.3 is 0 Å². The van der Waals surface area contributed by atoms with Gasteiger partial charge in [0.15, 0.2) is 0 Å². The number of hydrogen-bond acceptors (Lipinski definition) is 4. The average molecular weight is 222 g/mol. The van der Waals surface area contributed by atoms with E-state index < -0.39 is 0 Å². The molecule has 0 rings (SSSR count). The smallest absolute Gasteiger partial charge is 0.0628 e. The molecule has 0 aliphatic rings. The first kappa shape index (κ1) is 13.6. The van der Waals surface area contributed by atoms with Gasteiger partial charge in [-0.25, -0.2) is 0 Å². The molecular formula is C9H22N2S2. The van der Waals surface area contributed by atoms with Gasteiger partial charge in [0.25, 0.3) is 0 Å². The van der Waals surface area contributed by atoms with Crippen molar-refractivity contribution in [1.29, 1.82) is 0 Å². The summed E-state index contributed by atoms with van der Waals surface area (Å²) in [4.78, 5) is 4.67. The van der Waals surface area contributed by atoms with Crippen LogP contribution in [0, 0.1) is 0 Å². The summed E-state index contributed by atoms with van der Waals surface area (Å²) in [6.45, 7) is 8.83. The summed E-state index contributed by atoms with van der Waals surface area (Å²) in [5, 5.41) is 0.490. The Hall–Kier alpha value is 0.620. The van der Waals surface area contributed by atoms with Gasteiger partial charge in [0.05, 0.1) is 5.37 Å². The summed E-state index contributed by atoms with van der Waals surface area (Å²) in [6, 6.07) is 0.632. The summed E-state index contributed by atoms with van der Waals surface area (Å²) < 4.78 is 0. The highest BCUT2D eigenvalue weighted by Crippen LogP contribution is 2.16. The van der Waals surface area contributed by atoms with Gasteiger partial charge in [0.2, 0.25) is 0 Å². The van der Waals surface area contributed by atoms with Crippen molar-refractivity contribution in [3.63, 3.8) is 0 Å². The van der Waals surface area contributed by atoms with Crippen molar-refractivity contribution in [3.8, 4) is 0 Å². The fourth-order valence-corrected chi connectivity index (χ4v) is 1.59. The Kier molecular flexibility index (Phi) is 7.32. The largest absolute Gasteiger partial charge is 0.303 e. The lowest BCUT2D eigenvalue weighted by Crippen LogP contribution is -2.37. The minimum Gasteiger partial charge on any atom is -0.303 e. The predicted octanol–water partition coefficient (Wildman–Crippen LogP) is 2.18. The highest BCUT2D eigenvalue weighted by Gasteiger charge is 2.09. The maximum Gasteiger partial charge on any atom is 0.0628 e. The molecule has 4 heteroatoms. The maximum atomic E-state index is 4.20. The van der Waals surface area contributed by atoms with Crippen molar-refractivity contribution in [2.75, 3.05) is 27.2 Å². The van der Waals surface area contributed by atoms with E-state index in [9.17, 15) is 0 Å². The van der Waals surface area contributed by atoms with E-state index in [0.29, 0.717) is 11.4 Å². The summed E-state index contributed by atoms with van der Waals surface area (Å²) in [6.07, 6.45) is 0. The van der Waals surface area contributed by atoms with Crippen LogP contribution in [-0.4, -0.2) is 48.4 Å². The molecule has 0 amide bonds. The molecule has 80 valence electrons. The van der Waals surface area contributed by atoms with E-state index in [1.165, 1.54) is 0 Å². The molecule has 0 aromatic heterocycles. The van der Waals surface area contributed by atoms with Crippen molar-refractivity contribution in [2.24, 2.45) is 0 Å². The lowest BCUT2D eigenvalue weighted by Gasteiger charge is -2.27. The second-order valence-electron chi connectivity index (χ2n) is 3.76. The van der Waals surface area contributed by atoms with Crippen LogP contribution in [0.2, 0.25) is 0 Å². The van der Waals surface area contributed by atoms with Crippen LogP contribution in [-0.2, 0) is 0 Å². The summed E-state index contributed by atoms with van der Waals surface area (Å²) >= 11 is 4.20. The molecule has 0 N–H and O–H groups in total. The lowest BCUT2D eigenvalue weighted by atomic mass is 10.3. The van der Waals surface area contributed by atoms with E-state index in [1.807, 2.05) is 0 Å². The molecule has 0 radical (unpaired) electrons. The second-order valence-corrected chi connectivity index (χ2v) is 5.29. The van der Waals surface area contributed by atoms with Crippen LogP contribution in [0.15, 0.2) is 0 Å². The highest BCUT2D eigenvalue weighted by atomic mass is 33.1. The van der Waals surface area contributed by atoms with Gasteiger partial charge in [-0.3, -0.25) is 4.90 Å². The molecule has 0 saturated carbocycles. The Balaban J connectivity index is 3.63. The van der Waals surface area contributed by atoms with Crippen molar-refractivity contribution >= 4 is 22.5 Å². The van der Waals surface area contributed by atoms with E-state index in [2.05, 4.69) is 56.3 Å². The minimum absolute atomic E-state index is 0.490. The average Bonchev–Trinajstić information content (AvgIpc) is 2.11. The summed E-state index contributed by atoms with van der Waals surface area (Å²) in [5.74, 6) is 0. The van der Waals surface area contributed by atoms with Crippen LogP contribution < -0.4 is 0 Å². The van der Waals surface area contributed by atoms with Gasteiger partial charge in [0.1, 0.15) is 0 Å². The fourth-order valence-electron chi connectivity index (χ4n) is 0.836. The minimum atomic E-state index is 0.490. The van der Waals surface area contributed by atoms with Gasteiger partial charge in [-0.15, -0.1) is 11.7 Å². The van der Waals surface area contributed by atoms with Crippen LogP contribution in [0.5, 0.6) is 0 Å². The molecule has 13 heavy (non-hydrogen) atoms. The first-order valence-corrected chi connectivity index (χ1v) is 6.63. The van der Waals surface area contributed by atoms with Crippen molar-refractivity contribution < 1.29 is 0 Å². The highest BCUT2D eigenvalue weighted by molar-refractivity contribution is 8.68. The van der Waals surface area contributed by atoms with E-state index in [-0.39, 0.29) is 0 Å². The zero-order valence-electron chi connectivity index (χ0n) is 9.32. The van der Waals surface area contributed by atoms with Gasteiger partial charge in [-0.1, -0.05) is 10.8 Å². The molecule has 0 spiro atoms. The zero-order chi connectivity index (χ0) is 10.4. The molecule has 2 nitrogen and oxygen atoms in total. The molecule has 1 unspecified atom stereocenters. The topological polar surface area (TPSA) is 6.48 Å². The molecular weight excluding hydrogens is 200 g/mol. The summed E-state index contributed by atoms with van der Waals surface area (Å²) in [7, 11) is 5.90. The standard InChI is InChI=1S/C9H22N2S2/c1-8(2)10(4)6-7-11(5)9(3)13-12/h8-9,12H,6-7H2,1-5H3. The van der Waals surface area contributed by atoms with Gasteiger partial charge < -0.3 is 4.90 Å². The zero-order valence-corrected chi connectivity index (χ0v) is 11.0. The normalized spacial score (nSPS) is 14.5. The van der Waals surface area contributed by atoms with Gasteiger partial charge in [0, 0.05) is 19.1 Å². The number of hydrogen-bond donors (Lipinski definition) is 1. The van der Waals surface area contributed by atoms with Crippen molar-refractivity contribution in [3.05, 3.63) is 0 Å². The number of nitrogens with zero attached hydrogens (tertiary/aromatic N) is 2. The Morgan fingerprint density at radius 3 is 1.92 bits per heavy atom. The lowest BCUT2D eigenvalue weighted by molar-refractivity contribution is 0.222. The SMILES string of the molecule is CC(C)N(C)CCN(C)C(C)SS. The Bertz CT molecular complexity index is 131. The molecule has 0 heterocycles. The quantitative estimate of drug-likeness (QED) is 0.418. The van der Waals surface area contributed by atoms with Crippen LogP contribution in [0.1, 0.15) is 20.8 Å². The van der Waals surface area contributed by atoms with Crippen LogP contribution in [0.3, 0.4) is 0 Å². The molecule has 0 aliphatic carbocycles. The maximum absolute atomic E-state index is 4.20. The fraction of sp³-hybridized carbons (Fsp3) is 1.00. The number of likely N-dealkylation sites (N-methyl/N-ethyl adjacent to an activating group) is 2. The Labute approximate surface area is 91.9 Å². The third-order valence-corrected chi connectivity index (χ3v) is 4.04. The molecule has 0 bridgehead atoms. The molecule has 0 aliphatic heterocycles. The molecule has 0 saturated heterocycles. The van der Waals surface area contributed by atoms with Crippen LogP contribution in [0.4, 0.5) is 0 Å². The third-order valence-electron chi connectivity index (χ3n) is 2.46. The van der Waals surface area contributed by atoms with Crippen molar-refractivity contribution in [2.45, 2.75) is 32.2 Å². The first-order valence-electron chi connectivity index (χ1n) is 4.69. The van der Waals surface area contributed by atoms with Gasteiger partial charge in [-0.05, 0) is 34.9 Å². The Morgan fingerprint density at radius 2 is 1.54 bits per heavy atom. The number of rotatable bonds is 6. The van der Waals surface area contributed by atoms with E-state index in [1.54, 1.807) is 10.8 Å². The van der Waals surface area contributed by atoms with Gasteiger partial charge in [-0.2, -0.15) is 0 Å². The first-order chi connectivity index (χ1) is 5.99. The summed E-state index contributed by atoms with van der Waals surface area (Å²) in [5.41, 5.74) is 0. The Morgan fingerprint density at radius 1 is 1.08 bits per heavy atom. The van der Waals surface area contributed by atoms with Crippen LogP contribution in [0.25, 0.3) is 0 Å². The van der Waals surface area contributed by atoms with Crippen LogP contribution >= 0.6 is 22.5 Å². The van der Waals surface area contributed by atoms with E-state index in [0.717, 1.165) is 13.1 Å². The monoisotopic (exact) mass is 222 g/mol. The predicted molar refractivity (Wildman–Crippen MR) is 66.4 cm³/mol. The molecule has 0 fully saturated rings. The number of thiol groups is 1. The van der Waals surface area contributed by atoms with E-state index in [4.69, 9.17) is 0 Å². The molecule has 0 aromatic rings.